The maximum Gasteiger partial charge on any atom is 0.0412 e. The van der Waals surface area contributed by atoms with E-state index >= 15 is 0 Å². The second kappa shape index (κ2) is 5.10. The summed E-state index contributed by atoms with van der Waals surface area (Å²) in [6.45, 7) is 3.42. The summed E-state index contributed by atoms with van der Waals surface area (Å²) in [6, 6.07) is 7.68. The Morgan fingerprint density at radius 2 is 2.38 bits per heavy atom. The Bertz CT molecular complexity index is 333. The van der Waals surface area contributed by atoms with Crippen LogP contribution >= 0.6 is 23.4 Å². The minimum Gasteiger partial charge on any atom is -0.271 e. The largest absolute Gasteiger partial charge is 0.271 e. The van der Waals surface area contributed by atoms with Gasteiger partial charge in [0.15, 0.2) is 0 Å². The van der Waals surface area contributed by atoms with E-state index in [1.165, 1.54) is 0 Å². The van der Waals surface area contributed by atoms with Crippen LogP contribution in [0.4, 0.5) is 0 Å². The van der Waals surface area contributed by atoms with Crippen LogP contribution in [0.1, 0.15) is 5.56 Å². The quantitative estimate of drug-likeness (QED) is 0.695. The highest BCUT2D eigenvalue weighted by atomic mass is 35.5. The normalized spacial score (nSPS) is 11.4. The summed E-state index contributed by atoms with van der Waals surface area (Å²) in [5.74, 6) is 0. The van der Waals surface area contributed by atoms with Gasteiger partial charge in [-0.05, 0) is 30.7 Å². The lowest BCUT2D eigenvalue weighted by Gasteiger charge is -2.02. The van der Waals surface area contributed by atoms with Gasteiger partial charge in [0.05, 0.1) is 0 Å². The summed E-state index contributed by atoms with van der Waals surface area (Å²) in [7, 11) is 0. The molecule has 1 aromatic rings. The molecule has 0 saturated carbocycles. The highest BCUT2D eigenvalue weighted by molar-refractivity contribution is 8.07. The molecule has 0 radical (unpaired) electrons. The highest BCUT2D eigenvalue weighted by Crippen LogP contribution is 2.26. The van der Waals surface area contributed by atoms with Crippen molar-refractivity contribution in [1.29, 1.82) is 0 Å². The molecule has 0 aliphatic heterocycles. The number of aliphatic imine (C=N–C) groups is 1. The number of benzene rings is 1. The fraction of sp³-hybridized carbons (Fsp3) is 0.100. The molecule has 68 valence electrons. The number of thioether (sulfide) groups is 1. The van der Waals surface area contributed by atoms with E-state index < -0.39 is 0 Å². The van der Waals surface area contributed by atoms with E-state index in [-0.39, 0.29) is 0 Å². The first-order chi connectivity index (χ1) is 6.27. The highest BCUT2D eigenvalue weighted by Gasteiger charge is 1.99. The van der Waals surface area contributed by atoms with Gasteiger partial charge < -0.3 is 0 Å². The number of nitrogens with zero attached hydrogens (tertiary/aromatic N) is 1. The van der Waals surface area contributed by atoms with Gasteiger partial charge in [-0.1, -0.05) is 23.7 Å². The van der Waals surface area contributed by atoms with Gasteiger partial charge in [0.25, 0.3) is 0 Å². The van der Waals surface area contributed by atoms with Gasteiger partial charge in [-0.3, -0.25) is 4.99 Å². The molecule has 0 saturated heterocycles. The summed E-state index contributed by atoms with van der Waals surface area (Å²) in [5, 5.41) is 0.738. The van der Waals surface area contributed by atoms with Crippen molar-refractivity contribution >= 4 is 35.0 Å². The average molecular weight is 212 g/mol. The molecule has 0 N–H and O–H groups in total. The summed E-state index contributed by atoms with van der Waals surface area (Å²) in [6.07, 6.45) is 3.73. The Kier molecular flexibility index (Phi) is 4.06. The summed E-state index contributed by atoms with van der Waals surface area (Å²) < 4.78 is 0. The van der Waals surface area contributed by atoms with Crippen LogP contribution in [-0.4, -0.2) is 13.0 Å². The van der Waals surface area contributed by atoms with Crippen LogP contribution in [0, 0.1) is 0 Å². The molecule has 0 bridgehead atoms. The molecule has 1 nitrogen and oxygen atoms in total. The third kappa shape index (κ3) is 2.90. The second-order valence-electron chi connectivity index (χ2n) is 2.39. The zero-order valence-corrected chi connectivity index (χ0v) is 8.90. The van der Waals surface area contributed by atoms with Gasteiger partial charge in [0.2, 0.25) is 0 Å². The van der Waals surface area contributed by atoms with Crippen molar-refractivity contribution in [3.8, 4) is 0 Å². The Hall–Kier alpha value is -0.730. The molecule has 1 rings (SSSR count). The van der Waals surface area contributed by atoms with E-state index in [9.17, 15) is 0 Å². The van der Waals surface area contributed by atoms with Crippen LogP contribution in [0.3, 0.4) is 0 Å². The molecule has 0 unspecified atom stereocenters. The van der Waals surface area contributed by atoms with Gasteiger partial charge in [-0.25, -0.2) is 0 Å². The maximum absolute atomic E-state index is 5.86. The molecule has 0 aromatic heterocycles. The van der Waals surface area contributed by atoms with Gasteiger partial charge >= 0.3 is 0 Å². The molecule has 0 heterocycles. The van der Waals surface area contributed by atoms with E-state index in [1.807, 2.05) is 30.5 Å². The summed E-state index contributed by atoms with van der Waals surface area (Å²) in [4.78, 5) is 4.80. The molecule has 0 amide bonds. The zero-order valence-electron chi connectivity index (χ0n) is 7.33. The Morgan fingerprint density at radius 1 is 1.62 bits per heavy atom. The van der Waals surface area contributed by atoms with E-state index in [4.69, 9.17) is 11.6 Å². The topological polar surface area (TPSA) is 12.4 Å². The van der Waals surface area contributed by atoms with Crippen LogP contribution in [0.2, 0.25) is 5.02 Å². The lowest BCUT2D eigenvalue weighted by molar-refractivity contribution is 1.59. The third-order valence-electron chi connectivity index (χ3n) is 1.54. The van der Waals surface area contributed by atoms with Crippen molar-refractivity contribution < 1.29 is 0 Å². The van der Waals surface area contributed by atoms with Crippen molar-refractivity contribution in [1.82, 2.24) is 0 Å². The van der Waals surface area contributed by atoms with Crippen molar-refractivity contribution in [2.75, 3.05) is 6.26 Å². The first kappa shape index (κ1) is 10.4. The van der Waals surface area contributed by atoms with Crippen LogP contribution in [-0.2, 0) is 0 Å². The molecule has 0 atom stereocenters. The van der Waals surface area contributed by atoms with Gasteiger partial charge in [0.1, 0.15) is 0 Å². The Morgan fingerprint density at radius 3 is 2.92 bits per heavy atom. The monoisotopic (exact) mass is 211 g/mol. The van der Waals surface area contributed by atoms with Crippen LogP contribution in [0.25, 0.3) is 4.91 Å². The van der Waals surface area contributed by atoms with Gasteiger partial charge in [0, 0.05) is 16.1 Å². The van der Waals surface area contributed by atoms with Gasteiger partial charge in [-0.2, -0.15) is 0 Å². The van der Waals surface area contributed by atoms with E-state index in [2.05, 4.69) is 11.7 Å². The molecule has 0 aliphatic rings. The zero-order chi connectivity index (χ0) is 9.68. The third-order valence-corrected chi connectivity index (χ3v) is 2.55. The van der Waals surface area contributed by atoms with Crippen LogP contribution in [0.5, 0.6) is 0 Å². The number of halogens is 1. The predicted octanol–water partition coefficient (Wildman–Crippen LogP) is 3.70. The molecule has 0 aliphatic carbocycles. The fourth-order valence-corrected chi connectivity index (χ4v) is 1.70. The summed E-state index contributed by atoms with van der Waals surface area (Å²) >= 11 is 7.49. The van der Waals surface area contributed by atoms with E-state index in [0.29, 0.717) is 0 Å². The first-order valence-corrected chi connectivity index (χ1v) is 5.34. The van der Waals surface area contributed by atoms with Crippen molar-refractivity contribution in [2.45, 2.75) is 0 Å². The second-order valence-corrected chi connectivity index (χ2v) is 3.67. The molecule has 0 fully saturated rings. The van der Waals surface area contributed by atoms with Crippen LogP contribution in [0.15, 0.2) is 35.5 Å². The molecule has 1 aromatic carbocycles. The first-order valence-electron chi connectivity index (χ1n) is 3.74. The predicted molar refractivity (Wildman–Crippen MR) is 62.5 cm³/mol. The van der Waals surface area contributed by atoms with Crippen molar-refractivity contribution in [3.05, 3.63) is 41.1 Å². The lowest BCUT2D eigenvalue weighted by Crippen LogP contribution is -1.78. The molecule has 3 heteroatoms. The van der Waals surface area contributed by atoms with Crippen LogP contribution < -0.4 is 0 Å². The number of hydrogen-bond donors (Lipinski definition) is 0. The Balaban J connectivity index is 3.05. The summed E-state index contributed by atoms with van der Waals surface area (Å²) in [5.41, 5.74) is 1.08. The smallest absolute Gasteiger partial charge is 0.0412 e. The molecular formula is C10H10ClNS. The number of hydrogen-bond acceptors (Lipinski definition) is 2. The Labute approximate surface area is 87.5 Å². The molecule has 13 heavy (non-hydrogen) atoms. The molecule has 0 spiro atoms. The van der Waals surface area contributed by atoms with E-state index in [0.717, 1.165) is 15.5 Å². The minimum absolute atomic E-state index is 0.738. The number of rotatable bonds is 3. The minimum atomic E-state index is 0.738. The molecular weight excluding hydrogens is 202 g/mol. The van der Waals surface area contributed by atoms with Gasteiger partial charge in [-0.15, -0.1) is 11.8 Å². The van der Waals surface area contributed by atoms with E-state index in [1.54, 1.807) is 18.0 Å². The van der Waals surface area contributed by atoms with Crippen molar-refractivity contribution in [3.63, 3.8) is 0 Å². The van der Waals surface area contributed by atoms with Crippen molar-refractivity contribution in [2.24, 2.45) is 4.99 Å². The SMILES string of the molecule is C=N/C=C(\SC)c1cccc(Cl)c1. The average Bonchev–Trinajstić information content (AvgIpc) is 2.14. The fourth-order valence-electron chi connectivity index (χ4n) is 0.970. The standard InChI is InChI=1S/C10H10ClNS/c1-12-7-10(13-2)8-4-3-5-9(11)6-8/h3-7H,1H2,2H3/b10-7-. The maximum atomic E-state index is 5.86. The lowest BCUT2D eigenvalue weighted by atomic mass is 10.2.